The summed E-state index contributed by atoms with van der Waals surface area (Å²) in [4.78, 5) is 2.41. The van der Waals surface area contributed by atoms with Crippen molar-refractivity contribution in [2.75, 3.05) is 31.1 Å². The fourth-order valence-corrected chi connectivity index (χ4v) is 2.33. The van der Waals surface area contributed by atoms with Crippen molar-refractivity contribution in [1.82, 2.24) is 5.32 Å². The Balaban J connectivity index is 1.81. The highest BCUT2D eigenvalue weighted by atomic mass is 16.3. The van der Waals surface area contributed by atoms with Gasteiger partial charge in [0.1, 0.15) is 0 Å². The third-order valence-corrected chi connectivity index (χ3v) is 3.58. The van der Waals surface area contributed by atoms with E-state index in [1.54, 1.807) is 6.92 Å². The number of anilines is 1. The predicted molar refractivity (Wildman–Crippen MR) is 77.3 cm³/mol. The first kappa shape index (κ1) is 14.3. The van der Waals surface area contributed by atoms with Crippen molar-refractivity contribution in [2.45, 2.75) is 31.9 Å². The molecule has 0 saturated carbocycles. The molecule has 2 rings (SSSR count). The van der Waals surface area contributed by atoms with Crippen molar-refractivity contribution in [2.24, 2.45) is 0 Å². The lowest BCUT2D eigenvalue weighted by Crippen LogP contribution is -2.40. The number of hydrogen-bond acceptors (Lipinski definition) is 4. The zero-order chi connectivity index (χ0) is 13.7. The molecule has 19 heavy (non-hydrogen) atoms. The largest absolute Gasteiger partial charge is 0.393 e. The molecule has 1 aromatic carbocycles. The summed E-state index contributed by atoms with van der Waals surface area (Å²) in [5.41, 5.74) is 1.44. The SMILES string of the molecule is CC(O)(CO)CNCc1ccc(N2CCCC2)cc1. The van der Waals surface area contributed by atoms with Crippen LogP contribution in [0, 0.1) is 0 Å². The van der Waals surface area contributed by atoms with E-state index in [9.17, 15) is 5.11 Å². The number of nitrogens with one attached hydrogen (secondary N) is 1. The second-order valence-electron chi connectivity index (χ2n) is 5.62. The van der Waals surface area contributed by atoms with Crippen LogP contribution in [0.3, 0.4) is 0 Å². The van der Waals surface area contributed by atoms with E-state index < -0.39 is 5.60 Å². The molecule has 1 unspecified atom stereocenters. The molecule has 0 bridgehead atoms. The van der Waals surface area contributed by atoms with Crippen molar-refractivity contribution >= 4 is 5.69 Å². The van der Waals surface area contributed by atoms with Gasteiger partial charge < -0.3 is 20.4 Å². The van der Waals surface area contributed by atoms with Gasteiger partial charge >= 0.3 is 0 Å². The summed E-state index contributed by atoms with van der Waals surface area (Å²) < 4.78 is 0. The van der Waals surface area contributed by atoms with Crippen LogP contribution < -0.4 is 10.2 Å². The lowest BCUT2D eigenvalue weighted by Gasteiger charge is -2.21. The number of rotatable bonds is 6. The fourth-order valence-electron chi connectivity index (χ4n) is 2.33. The molecule has 0 aromatic heterocycles. The highest BCUT2D eigenvalue weighted by Crippen LogP contribution is 2.20. The first-order valence-corrected chi connectivity index (χ1v) is 6.99. The van der Waals surface area contributed by atoms with Crippen molar-refractivity contribution in [3.8, 4) is 0 Å². The average molecular weight is 264 g/mol. The molecular formula is C15H24N2O2. The third kappa shape index (κ3) is 4.20. The zero-order valence-corrected chi connectivity index (χ0v) is 11.6. The zero-order valence-electron chi connectivity index (χ0n) is 11.6. The topological polar surface area (TPSA) is 55.7 Å². The number of benzene rings is 1. The number of aliphatic hydroxyl groups excluding tert-OH is 1. The molecule has 1 heterocycles. The van der Waals surface area contributed by atoms with E-state index in [0.717, 1.165) is 13.1 Å². The Morgan fingerprint density at radius 2 is 1.84 bits per heavy atom. The summed E-state index contributed by atoms with van der Waals surface area (Å²) in [5.74, 6) is 0. The lowest BCUT2D eigenvalue weighted by atomic mass is 10.1. The van der Waals surface area contributed by atoms with Crippen LogP contribution in [-0.2, 0) is 6.54 Å². The van der Waals surface area contributed by atoms with Crippen molar-refractivity contribution in [1.29, 1.82) is 0 Å². The Morgan fingerprint density at radius 3 is 2.42 bits per heavy atom. The minimum Gasteiger partial charge on any atom is -0.393 e. The predicted octanol–water partition coefficient (Wildman–Crippen LogP) is 1.12. The van der Waals surface area contributed by atoms with E-state index in [1.165, 1.54) is 24.1 Å². The molecule has 4 nitrogen and oxygen atoms in total. The highest BCUT2D eigenvalue weighted by molar-refractivity contribution is 5.48. The van der Waals surface area contributed by atoms with Crippen molar-refractivity contribution < 1.29 is 10.2 Å². The van der Waals surface area contributed by atoms with Crippen LogP contribution in [0.25, 0.3) is 0 Å². The maximum atomic E-state index is 9.67. The van der Waals surface area contributed by atoms with Gasteiger partial charge in [-0.05, 0) is 37.5 Å². The van der Waals surface area contributed by atoms with Gasteiger partial charge in [-0.3, -0.25) is 0 Å². The molecule has 1 saturated heterocycles. The van der Waals surface area contributed by atoms with Gasteiger partial charge in [-0.15, -0.1) is 0 Å². The van der Waals surface area contributed by atoms with E-state index in [1.807, 2.05) is 0 Å². The number of hydrogen-bond donors (Lipinski definition) is 3. The van der Waals surface area contributed by atoms with E-state index in [2.05, 4.69) is 34.5 Å². The van der Waals surface area contributed by atoms with Gasteiger partial charge in [0.2, 0.25) is 0 Å². The van der Waals surface area contributed by atoms with Crippen LogP contribution in [0.2, 0.25) is 0 Å². The monoisotopic (exact) mass is 264 g/mol. The third-order valence-electron chi connectivity index (χ3n) is 3.58. The molecule has 1 aliphatic heterocycles. The molecule has 0 aliphatic carbocycles. The second kappa shape index (κ2) is 6.37. The average Bonchev–Trinajstić information content (AvgIpc) is 2.93. The number of nitrogens with zero attached hydrogens (tertiary/aromatic N) is 1. The van der Waals surface area contributed by atoms with Crippen LogP contribution in [-0.4, -0.2) is 42.1 Å². The van der Waals surface area contributed by atoms with Crippen LogP contribution in [0.15, 0.2) is 24.3 Å². The summed E-state index contributed by atoms with van der Waals surface area (Å²) in [7, 11) is 0. The maximum absolute atomic E-state index is 9.67. The first-order valence-electron chi connectivity index (χ1n) is 6.99. The molecule has 0 spiro atoms. The Kier molecular flexibility index (Phi) is 4.80. The Morgan fingerprint density at radius 1 is 1.21 bits per heavy atom. The van der Waals surface area contributed by atoms with E-state index in [-0.39, 0.29) is 6.61 Å². The molecule has 106 valence electrons. The summed E-state index contributed by atoms with van der Waals surface area (Å²) in [5, 5.41) is 21.8. The van der Waals surface area contributed by atoms with Crippen LogP contribution >= 0.6 is 0 Å². The van der Waals surface area contributed by atoms with E-state index >= 15 is 0 Å². The minimum atomic E-state index is -1.05. The van der Waals surface area contributed by atoms with Gasteiger partial charge in [-0.25, -0.2) is 0 Å². The smallest absolute Gasteiger partial charge is 0.0972 e. The molecule has 4 heteroatoms. The minimum absolute atomic E-state index is 0.228. The van der Waals surface area contributed by atoms with Gasteiger partial charge in [-0.2, -0.15) is 0 Å². The summed E-state index contributed by atoms with van der Waals surface area (Å²) in [6.45, 7) is 4.81. The van der Waals surface area contributed by atoms with Gasteiger partial charge in [0.25, 0.3) is 0 Å². The van der Waals surface area contributed by atoms with Crippen LogP contribution in [0.1, 0.15) is 25.3 Å². The number of aliphatic hydroxyl groups is 2. The molecule has 3 N–H and O–H groups in total. The highest BCUT2D eigenvalue weighted by Gasteiger charge is 2.17. The van der Waals surface area contributed by atoms with Crippen LogP contribution in [0.4, 0.5) is 5.69 Å². The van der Waals surface area contributed by atoms with Crippen LogP contribution in [0.5, 0.6) is 0 Å². The molecule has 1 atom stereocenters. The van der Waals surface area contributed by atoms with Crippen molar-refractivity contribution in [3.63, 3.8) is 0 Å². The molecule has 0 radical (unpaired) electrons. The molecule has 1 aromatic rings. The second-order valence-corrected chi connectivity index (χ2v) is 5.62. The molecule has 1 aliphatic rings. The normalized spacial score (nSPS) is 18.6. The quantitative estimate of drug-likeness (QED) is 0.721. The Labute approximate surface area is 115 Å². The van der Waals surface area contributed by atoms with Gasteiger partial charge in [0.15, 0.2) is 0 Å². The first-order chi connectivity index (χ1) is 9.11. The molecule has 0 amide bonds. The standard InChI is InChI=1S/C15H24N2O2/c1-15(19,12-18)11-16-10-13-4-6-14(7-5-13)17-8-2-3-9-17/h4-7,16,18-19H,2-3,8-12H2,1H3. The Hall–Kier alpha value is -1.10. The molecular weight excluding hydrogens is 240 g/mol. The molecule has 1 fully saturated rings. The van der Waals surface area contributed by atoms with E-state index in [0.29, 0.717) is 13.1 Å². The van der Waals surface area contributed by atoms with Gasteiger partial charge in [0, 0.05) is 31.9 Å². The summed E-state index contributed by atoms with van der Waals surface area (Å²) in [6, 6.07) is 8.56. The van der Waals surface area contributed by atoms with Gasteiger partial charge in [-0.1, -0.05) is 12.1 Å². The summed E-state index contributed by atoms with van der Waals surface area (Å²) >= 11 is 0. The summed E-state index contributed by atoms with van der Waals surface area (Å²) in [6.07, 6.45) is 2.58. The van der Waals surface area contributed by atoms with Crippen molar-refractivity contribution in [3.05, 3.63) is 29.8 Å². The fraction of sp³-hybridized carbons (Fsp3) is 0.600. The van der Waals surface area contributed by atoms with Gasteiger partial charge in [0.05, 0.1) is 12.2 Å². The maximum Gasteiger partial charge on any atom is 0.0972 e. The van der Waals surface area contributed by atoms with E-state index in [4.69, 9.17) is 5.11 Å². The lowest BCUT2D eigenvalue weighted by molar-refractivity contribution is 0.00254. The Bertz CT molecular complexity index is 384.